The van der Waals surface area contributed by atoms with E-state index in [1.165, 1.54) is 18.5 Å². The van der Waals surface area contributed by atoms with Crippen molar-refractivity contribution in [1.82, 2.24) is 4.90 Å². The molecule has 1 N–H and O–H groups in total. The van der Waals surface area contributed by atoms with E-state index in [9.17, 15) is 4.79 Å². The molecule has 3 atom stereocenters. The number of benzene rings is 1. The molecule has 0 aromatic heterocycles. The summed E-state index contributed by atoms with van der Waals surface area (Å²) in [5.41, 5.74) is 1.73. The predicted molar refractivity (Wildman–Crippen MR) is 108 cm³/mol. The normalized spacial score (nSPS) is 23.2. The van der Waals surface area contributed by atoms with Crippen molar-refractivity contribution in [3.63, 3.8) is 0 Å². The Morgan fingerprint density at radius 1 is 1.14 bits per heavy atom. The third-order valence-electron chi connectivity index (χ3n) is 6.14. The predicted octanol–water partition coefficient (Wildman–Crippen LogP) is 2.29. The van der Waals surface area contributed by atoms with Crippen molar-refractivity contribution in [3.05, 3.63) is 29.5 Å². The second kappa shape index (κ2) is 8.86. The molecule has 0 aliphatic carbocycles. The standard InChI is InChI=1S/C22H32N2O4/c1-6-7-10-24(18-13-16-8-9-17(14-18)23(16)2)22(25)15-11-19(26-3)21(28-5)20(12-15)27-4/h11-13,16-17H,6-10,14H2,1-5H3/p+1. The molecule has 6 heteroatoms. The molecule has 2 aliphatic heterocycles. The average molecular weight is 390 g/mol. The fourth-order valence-electron chi connectivity index (χ4n) is 4.42. The van der Waals surface area contributed by atoms with Gasteiger partial charge in [-0.15, -0.1) is 0 Å². The molecule has 1 saturated heterocycles. The van der Waals surface area contributed by atoms with E-state index in [1.54, 1.807) is 38.4 Å². The van der Waals surface area contributed by atoms with Gasteiger partial charge in [-0.25, -0.2) is 0 Å². The van der Waals surface area contributed by atoms with E-state index in [4.69, 9.17) is 14.2 Å². The first kappa shape index (κ1) is 20.5. The number of rotatable bonds is 8. The van der Waals surface area contributed by atoms with Gasteiger partial charge in [-0.2, -0.15) is 0 Å². The lowest BCUT2D eigenvalue weighted by Gasteiger charge is -2.33. The number of likely N-dealkylation sites (N-methyl/N-ethyl adjacent to an activating group) is 1. The molecule has 1 fully saturated rings. The van der Waals surface area contributed by atoms with Crippen LogP contribution >= 0.6 is 0 Å². The van der Waals surface area contributed by atoms with Crippen LogP contribution in [0.3, 0.4) is 0 Å². The largest absolute Gasteiger partial charge is 0.493 e. The van der Waals surface area contributed by atoms with Crippen molar-refractivity contribution in [2.24, 2.45) is 0 Å². The number of carbonyl (C=O) groups is 1. The summed E-state index contributed by atoms with van der Waals surface area (Å²) in [6.45, 7) is 2.88. The molecule has 2 heterocycles. The fraction of sp³-hybridized carbons (Fsp3) is 0.591. The topological polar surface area (TPSA) is 52.4 Å². The summed E-state index contributed by atoms with van der Waals surface area (Å²) in [5.74, 6) is 1.50. The van der Waals surface area contributed by atoms with E-state index in [2.05, 4.69) is 20.0 Å². The number of hydrogen-bond acceptors (Lipinski definition) is 4. The maximum atomic E-state index is 13.5. The van der Waals surface area contributed by atoms with Crippen molar-refractivity contribution in [3.8, 4) is 17.2 Å². The molecule has 3 rings (SSSR count). The van der Waals surface area contributed by atoms with Gasteiger partial charge in [0.05, 0.1) is 34.4 Å². The highest BCUT2D eigenvalue weighted by atomic mass is 16.5. The molecule has 2 aliphatic rings. The molecule has 28 heavy (non-hydrogen) atoms. The summed E-state index contributed by atoms with van der Waals surface area (Å²) in [6.07, 6.45) is 7.75. The zero-order chi connectivity index (χ0) is 20.3. The molecule has 0 radical (unpaired) electrons. The number of nitrogens with one attached hydrogen (secondary N) is 1. The molecule has 1 amide bonds. The number of methoxy groups -OCH3 is 3. The number of nitrogens with zero attached hydrogens (tertiary/aromatic N) is 1. The Morgan fingerprint density at radius 3 is 2.36 bits per heavy atom. The highest BCUT2D eigenvalue weighted by molar-refractivity contribution is 5.96. The Bertz CT molecular complexity index is 721. The number of hydrogen-bond donors (Lipinski definition) is 1. The van der Waals surface area contributed by atoms with Crippen molar-refractivity contribution < 1.29 is 23.9 Å². The van der Waals surface area contributed by atoms with Gasteiger partial charge in [0.15, 0.2) is 11.5 Å². The van der Waals surface area contributed by atoms with E-state index < -0.39 is 0 Å². The van der Waals surface area contributed by atoms with E-state index >= 15 is 0 Å². The Labute approximate surface area is 168 Å². The second-order valence-corrected chi connectivity index (χ2v) is 7.71. The Balaban J connectivity index is 1.95. The van der Waals surface area contributed by atoms with Gasteiger partial charge in [0.1, 0.15) is 6.04 Å². The first-order chi connectivity index (χ1) is 13.5. The van der Waals surface area contributed by atoms with Crippen LogP contribution in [-0.2, 0) is 0 Å². The highest BCUT2D eigenvalue weighted by Crippen LogP contribution is 2.39. The Hall–Kier alpha value is -2.21. The fourth-order valence-corrected chi connectivity index (χ4v) is 4.42. The molecule has 1 aromatic carbocycles. The maximum Gasteiger partial charge on any atom is 0.258 e. The van der Waals surface area contributed by atoms with Crippen molar-refractivity contribution in [1.29, 1.82) is 0 Å². The lowest BCUT2D eigenvalue weighted by atomic mass is 10.0. The minimum absolute atomic E-state index is 0.00194. The van der Waals surface area contributed by atoms with Gasteiger partial charge in [-0.3, -0.25) is 4.79 Å². The first-order valence-electron chi connectivity index (χ1n) is 10.2. The third-order valence-corrected chi connectivity index (χ3v) is 6.14. The second-order valence-electron chi connectivity index (χ2n) is 7.71. The van der Waals surface area contributed by atoms with Crippen molar-refractivity contribution >= 4 is 5.91 Å². The Kier molecular flexibility index (Phi) is 6.50. The van der Waals surface area contributed by atoms with E-state index in [0.29, 0.717) is 34.9 Å². The third kappa shape index (κ3) is 3.83. The van der Waals surface area contributed by atoms with Crippen LogP contribution in [0.5, 0.6) is 17.2 Å². The number of amides is 1. The van der Waals surface area contributed by atoms with Crippen LogP contribution in [0.1, 0.15) is 49.4 Å². The first-order valence-corrected chi connectivity index (χ1v) is 10.2. The Morgan fingerprint density at radius 2 is 1.82 bits per heavy atom. The molecular weight excluding hydrogens is 356 g/mol. The highest BCUT2D eigenvalue weighted by Gasteiger charge is 2.40. The lowest BCUT2D eigenvalue weighted by Crippen LogP contribution is -3.14. The number of fused-ring (bicyclic) bond motifs is 2. The molecule has 0 saturated carbocycles. The van der Waals surface area contributed by atoms with Crippen LogP contribution in [0, 0.1) is 0 Å². The van der Waals surface area contributed by atoms with Gasteiger partial charge in [-0.05, 0) is 24.6 Å². The summed E-state index contributed by atoms with van der Waals surface area (Å²) < 4.78 is 16.3. The summed E-state index contributed by atoms with van der Waals surface area (Å²) in [7, 11) is 6.98. The van der Waals surface area contributed by atoms with Crippen LogP contribution in [0.2, 0.25) is 0 Å². The molecular formula is C22H33N2O4+. The lowest BCUT2D eigenvalue weighted by molar-refractivity contribution is -0.912. The van der Waals surface area contributed by atoms with Crippen LogP contribution in [-0.4, -0.2) is 57.8 Å². The number of unbranched alkanes of at least 4 members (excludes halogenated alkanes) is 1. The minimum Gasteiger partial charge on any atom is -0.493 e. The van der Waals surface area contributed by atoms with E-state index in [0.717, 1.165) is 25.8 Å². The number of quaternary nitrogens is 1. The maximum absolute atomic E-state index is 13.5. The van der Waals surface area contributed by atoms with Crippen molar-refractivity contribution in [2.75, 3.05) is 34.9 Å². The average Bonchev–Trinajstić information content (AvgIpc) is 2.93. The number of ether oxygens (including phenoxy) is 3. The molecule has 0 spiro atoms. The van der Waals surface area contributed by atoms with E-state index in [-0.39, 0.29) is 5.91 Å². The smallest absolute Gasteiger partial charge is 0.258 e. The SMILES string of the molecule is CCCCN(C(=O)c1cc(OC)c(OC)c(OC)c1)C1=CC2CCC(C1)[NH+]2C. The monoisotopic (exact) mass is 389 g/mol. The van der Waals surface area contributed by atoms with Gasteiger partial charge < -0.3 is 24.0 Å². The minimum atomic E-state index is -0.00194. The van der Waals surface area contributed by atoms with Crippen LogP contribution < -0.4 is 19.1 Å². The zero-order valence-corrected chi connectivity index (χ0v) is 17.7. The molecule has 154 valence electrons. The molecule has 2 bridgehead atoms. The van der Waals surface area contributed by atoms with Crippen LogP contribution in [0.25, 0.3) is 0 Å². The van der Waals surface area contributed by atoms with Gasteiger partial charge in [0.25, 0.3) is 5.91 Å². The zero-order valence-electron chi connectivity index (χ0n) is 17.7. The number of carbonyl (C=O) groups excluding carboxylic acids is 1. The van der Waals surface area contributed by atoms with Gasteiger partial charge in [0, 0.05) is 37.1 Å². The van der Waals surface area contributed by atoms with Crippen molar-refractivity contribution in [2.45, 2.75) is 51.1 Å². The van der Waals surface area contributed by atoms with Crippen LogP contribution in [0.4, 0.5) is 0 Å². The summed E-state index contributed by atoms with van der Waals surface area (Å²) >= 11 is 0. The quantitative estimate of drug-likeness (QED) is 0.741. The molecule has 6 nitrogen and oxygen atoms in total. The van der Waals surface area contributed by atoms with Gasteiger partial charge >= 0.3 is 0 Å². The summed E-state index contributed by atoms with van der Waals surface area (Å²) in [5, 5.41) is 0. The summed E-state index contributed by atoms with van der Waals surface area (Å²) in [6, 6.07) is 4.63. The van der Waals surface area contributed by atoms with Gasteiger partial charge in [-0.1, -0.05) is 13.3 Å². The van der Waals surface area contributed by atoms with Crippen LogP contribution in [0.15, 0.2) is 23.9 Å². The molecule has 1 aromatic rings. The van der Waals surface area contributed by atoms with E-state index in [1.807, 2.05) is 4.90 Å². The van der Waals surface area contributed by atoms with Gasteiger partial charge in [0.2, 0.25) is 5.75 Å². The summed E-state index contributed by atoms with van der Waals surface area (Å²) in [4.78, 5) is 17.1. The molecule has 3 unspecified atom stereocenters.